The highest BCUT2D eigenvalue weighted by Crippen LogP contribution is 2.38. The van der Waals surface area contributed by atoms with Crippen LogP contribution in [-0.4, -0.2) is 39.6 Å². The van der Waals surface area contributed by atoms with Gasteiger partial charge in [0.15, 0.2) is 21.7 Å². The number of nitrogens with zero attached hydrogens (tertiary/aromatic N) is 8. The Kier molecular flexibility index (Phi) is 5.41. The Balaban J connectivity index is 1.23. The fraction of sp³-hybridized carbons (Fsp3) is 0. The van der Waals surface area contributed by atoms with Crippen LogP contribution in [0, 0.1) is 7.14 Å². The van der Waals surface area contributed by atoms with Gasteiger partial charge in [-0.15, -0.1) is 31.7 Å². The van der Waals surface area contributed by atoms with E-state index in [1.165, 1.54) is 29.8 Å². The molecule has 0 atom stereocenters. The third-order valence-corrected chi connectivity index (χ3v) is 9.87. The molecular formula is C22H10I2N8S3. The molecule has 0 aliphatic rings. The number of halogens is 2. The maximum absolute atomic E-state index is 4.82. The summed E-state index contributed by atoms with van der Waals surface area (Å²) in [5.74, 6) is 1.49. The number of aromatic nitrogens is 8. The molecule has 0 fully saturated rings. The van der Waals surface area contributed by atoms with E-state index in [0.717, 1.165) is 52.5 Å². The van der Waals surface area contributed by atoms with E-state index in [2.05, 4.69) is 102 Å². The van der Waals surface area contributed by atoms with E-state index >= 15 is 0 Å². The van der Waals surface area contributed by atoms with Crippen LogP contribution in [0.5, 0.6) is 0 Å². The Morgan fingerprint density at radius 2 is 0.943 bits per heavy atom. The Hall–Kier alpha value is -2.34. The first-order valence-corrected chi connectivity index (χ1v) is 14.8. The quantitative estimate of drug-likeness (QED) is 0.189. The van der Waals surface area contributed by atoms with Crippen LogP contribution in [0.15, 0.2) is 60.7 Å². The molecule has 0 bridgehead atoms. The summed E-state index contributed by atoms with van der Waals surface area (Å²) in [4.78, 5) is 3.66. The van der Waals surface area contributed by atoms with Crippen LogP contribution >= 0.6 is 79.2 Å². The molecule has 0 aliphatic heterocycles. The summed E-state index contributed by atoms with van der Waals surface area (Å²) in [6.45, 7) is 0. The van der Waals surface area contributed by atoms with Gasteiger partial charge in [0, 0.05) is 18.3 Å². The fourth-order valence-electron chi connectivity index (χ4n) is 3.56. The van der Waals surface area contributed by atoms with Crippen molar-refractivity contribution in [1.29, 1.82) is 0 Å². The van der Waals surface area contributed by atoms with Gasteiger partial charge >= 0.3 is 0 Å². The number of rotatable bonds is 4. The standard InChI is InChI=1S/C22H10I2N8S3/c23-13-5-1-11(2-6-13)17-25-27-21-31(17)29-19(34-21)15-9-10-16(33-15)20-30-32-18(26-28-22(32)35-20)12-3-7-14(24)8-4-12/h1-10H. The van der Waals surface area contributed by atoms with E-state index in [9.17, 15) is 0 Å². The number of benzene rings is 2. The Bertz CT molecular complexity index is 1690. The van der Waals surface area contributed by atoms with Crippen LogP contribution in [0.1, 0.15) is 0 Å². The normalized spacial score (nSPS) is 11.7. The lowest BCUT2D eigenvalue weighted by molar-refractivity contribution is 0.972. The third kappa shape index (κ3) is 3.89. The lowest BCUT2D eigenvalue weighted by Crippen LogP contribution is -1.90. The van der Waals surface area contributed by atoms with Crippen molar-refractivity contribution in [3.63, 3.8) is 0 Å². The molecule has 0 N–H and O–H groups in total. The first-order valence-electron chi connectivity index (χ1n) is 10.2. The highest BCUT2D eigenvalue weighted by Gasteiger charge is 2.19. The van der Waals surface area contributed by atoms with E-state index < -0.39 is 0 Å². The van der Waals surface area contributed by atoms with E-state index in [0.29, 0.717) is 0 Å². The zero-order chi connectivity index (χ0) is 23.5. The molecule has 0 saturated heterocycles. The predicted octanol–water partition coefficient (Wildman–Crippen LogP) is 6.62. The smallest absolute Gasteiger partial charge is 0.182 e. The molecule has 2 aromatic carbocycles. The van der Waals surface area contributed by atoms with Crippen LogP contribution in [0.25, 0.3) is 52.5 Å². The van der Waals surface area contributed by atoms with Gasteiger partial charge in [0.1, 0.15) is 0 Å². The first kappa shape index (κ1) is 21.9. The van der Waals surface area contributed by atoms with Crippen molar-refractivity contribution in [1.82, 2.24) is 39.6 Å². The molecule has 0 unspecified atom stereocenters. The molecule has 7 rings (SSSR count). The highest BCUT2D eigenvalue weighted by atomic mass is 127. The largest absolute Gasteiger partial charge is 0.235 e. The van der Waals surface area contributed by atoms with Crippen LogP contribution in [0.3, 0.4) is 0 Å². The van der Waals surface area contributed by atoms with Gasteiger partial charge in [-0.2, -0.15) is 19.2 Å². The van der Waals surface area contributed by atoms with Gasteiger partial charge in [-0.25, -0.2) is 0 Å². The molecule has 13 heteroatoms. The molecule has 5 aromatic heterocycles. The van der Waals surface area contributed by atoms with Crippen molar-refractivity contribution in [2.75, 3.05) is 0 Å². The summed E-state index contributed by atoms with van der Waals surface area (Å²) < 4.78 is 5.98. The van der Waals surface area contributed by atoms with Crippen molar-refractivity contribution in [3.8, 4) is 42.5 Å². The second-order valence-electron chi connectivity index (χ2n) is 7.43. The Labute approximate surface area is 237 Å². The van der Waals surface area contributed by atoms with E-state index in [-0.39, 0.29) is 0 Å². The van der Waals surface area contributed by atoms with E-state index in [1.807, 2.05) is 33.3 Å². The van der Waals surface area contributed by atoms with E-state index in [1.54, 1.807) is 11.3 Å². The van der Waals surface area contributed by atoms with Crippen molar-refractivity contribution in [3.05, 3.63) is 67.8 Å². The monoisotopic (exact) mass is 736 g/mol. The van der Waals surface area contributed by atoms with Crippen LogP contribution in [0.2, 0.25) is 0 Å². The van der Waals surface area contributed by atoms with Crippen LogP contribution in [0.4, 0.5) is 0 Å². The van der Waals surface area contributed by atoms with Gasteiger partial charge in [-0.1, -0.05) is 46.9 Å². The van der Waals surface area contributed by atoms with Crippen LogP contribution in [-0.2, 0) is 0 Å². The molecule has 7 aromatic rings. The van der Waals surface area contributed by atoms with Crippen molar-refractivity contribution in [2.45, 2.75) is 0 Å². The van der Waals surface area contributed by atoms with Gasteiger partial charge < -0.3 is 0 Å². The summed E-state index contributed by atoms with van der Waals surface area (Å²) in [5.41, 5.74) is 1.98. The first-order chi connectivity index (χ1) is 17.1. The summed E-state index contributed by atoms with van der Waals surface area (Å²) in [6, 6.07) is 20.5. The molecule has 170 valence electrons. The van der Waals surface area contributed by atoms with Crippen molar-refractivity contribution >= 4 is 89.1 Å². The molecule has 0 aliphatic carbocycles. The highest BCUT2D eigenvalue weighted by molar-refractivity contribution is 14.1. The van der Waals surface area contributed by atoms with Gasteiger partial charge in [-0.05, 0) is 81.6 Å². The Morgan fingerprint density at radius 1 is 0.514 bits per heavy atom. The zero-order valence-corrected chi connectivity index (χ0v) is 24.1. The predicted molar refractivity (Wildman–Crippen MR) is 156 cm³/mol. The molecule has 5 heterocycles. The summed E-state index contributed by atoms with van der Waals surface area (Å²) >= 11 is 9.29. The minimum absolute atomic E-state index is 0.743. The second-order valence-corrected chi connectivity index (χ2v) is 12.9. The lowest BCUT2D eigenvalue weighted by Gasteiger charge is -1.97. The molecule has 8 nitrogen and oxygen atoms in total. The van der Waals surface area contributed by atoms with E-state index in [4.69, 9.17) is 10.2 Å². The molecule has 0 amide bonds. The molecular weight excluding hydrogens is 726 g/mol. The number of hydrogen-bond donors (Lipinski definition) is 0. The molecule has 0 saturated carbocycles. The number of thiophene rings is 1. The van der Waals surface area contributed by atoms with Gasteiger partial charge in [0.2, 0.25) is 9.92 Å². The van der Waals surface area contributed by atoms with Gasteiger partial charge in [0.25, 0.3) is 0 Å². The average molecular weight is 736 g/mol. The molecule has 0 radical (unpaired) electrons. The maximum Gasteiger partial charge on any atom is 0.235 e. The maximum atomic E-state index is 4.82. The lowest BCUT2D eigenvalue weighted by atomic mass is 10.2. The summed E-state index contributed by atoms with van der Waals surface area (Å²) in [6.07, 6.45) is 0. The topological polar surface area (TPSA) is 86.2 Å². The van der Waals surface area contributed by atoms with Crippen LogP contribution < -0.4 is 0 Å². The second kappa shape index (κ2) is 8.65. The van der Waals surface area contributed by atoms with Gasteiger partial charge in [-0.3, -0.25) is 0 Å². The fourth-order valence-corrected chi connectivity index (χ4v) is 7.06. The number of hydrogen-bond acceptors (Lipinski definition) is 9. The molecule has 35 heavy (non-hydrogen) atoms. The van der Waals surface area contributed by atoms with Crippen molar-refractivity contribution in [2.24, 2.45) is 0 Å². The average Bonchev–Trinajstić information content (AvgIpc) is 3.65. The summed E-state index contributed by atoms with van der Waals surface area (Å²) in [5, 5.41) is 28.8. The zero-order valence-electron chi connectivity index (χ0n) is 17.3. The third-order valence-electron chi connectivity index (χ3n) is 5.21. The molecule has 0 spiro atoms. The minimum atomic E-state index is 0.743. The van der Waals surface area contributed by atoms with Crippen molar-refractivity contribution < 1.29 is 0 Å². The number of fused-ring (bicyclic) bond motifs is 2. The minimum Gasteiger partial charge on any atom is -0.182 e. The van der Waals surface area contributed by atoms with Gasteiger partial charge in [0.05, 0.1) is 9.75 Å². The SMILES string of the molecule is Ic1ccc(-c2nnc3sc(-c4ccc(-c5nn6c(-c7ccc(I)cc7)nnc6s5)s4)nn23)cc1. The Morgan fingerprint density at radius 3 is 1.37 bits per heavy atom. The summed E-state index contributed by atoms with van der Waals surface area (Å²) in [7, 11) is 0.